The molecular weight excluding hydrogens is 400 g/mol. The highest BCUT2D eigenvalue weighted by molar-refractivity contribution is 5.76. The van der Waals surface area contributed by atoms with Gasteiger partial charge in [-0.05, 0) is 67.3 Å². The Hall–Kier alpha value is -3.28. The Morgan fingerprint density at radius 1 is 1.06 bits per heavy atom. The monoisotopic (exact) mass is 430 g/mol. The van der Waals surface area contributed by atoms with Crippen molar-refractivity contribution in [3.63, 3.8) is 0 Å². The van der Waals surface area contributed by atoms with E-state index in [1.807, 2.05) is 42.6 Å². The predicted octanol–water partition coefficient (Wildman–Crippen LogP) is 4.57. The molecule has 1 fully saturated rings. The van der Waals surface area contributed by atoms with Crippen LogP contribution in [0.5, 0.6) is 5.75 Å². The van der Waals surface area contributed by atoms with Crippen molar-refractivity contribution in [2.45, 2.75) is 44.4 Å². The zero-order valence-corrected chi connectivity index (χ0v) is 18.5. The number of ether oxygens (including phenoxy) is 1. The van der Waals surface area contributed by atoms with E-state index in [1.165, 1.54) is 0 Å². The molecule has 0 atom stereocenters. The summed E-state index contributed by atoms with van der Waals surface area (Å²) in [6.07, 6.45) is 12.7. The summed E-state index contributed by atoms with van der Waals surface area (Å²) in [5, 5.41) is 3.14. The number of para-hydroxylation sites is 1. The summed E-state index contributed by atoms with van der Waals surface area (Å²) in [5.74, 6) is 1.90. The summed E-state index contributed by atoms with van der Waals surface area (Å²) in [6.45, 7) is 0.748. The molecule has 0 bridgehead atoms. The molecule has 4 rings (SSSR count). The molecule has 1 aliphatic rings. The Balaban J connectivity index is 1.26. The van der Waals surface area contributed by atoms with Gasteiger partial charge < -0.3 is 10.1 Å². The van der Waals surface area contributed by atoms with Crippen LogP contribution in [-0.2, 0) is 11.2 Å². The van der Waals surface area contributed by atoms with Gasteiger partial charge in [0.2, 0.25) is 5.91 Å². The van der Waals surface area contributed by atoms with E-state index in [2.05, 4.69) is 20.3 Å². The molecule has 0 unspecified atom stereocenters. The van der Waals surface area contributed by atoms with Gasteiger partial charge in [-0.1, -0.05) is 18.2 Å². The van der Waals surface area contributed by atoms with E-state index in [-0.39, 0.29) is 5.91 Å². The second-order valence-corrected chi connectivity index (χ2v) is 8.39. The Labute approximate surface area is 189 Å². The number of aromatic nitrogens is 3. The molecule has 1 saturated carbocycles. The number of carbonyl (C=O) groups is 1. The molecular formula is C26H30N4O2. The van der Waals surface area contributed by atoms with Gasteiger partial charge in [-0.2, -0.15) is 0 Å². The average molecular weight is 431 g/mol. The molecule has 166 valence electrons. The normalized spacial score (nSPS) is 18.2. The molecule has 1 aromatic carbocycles. The molecule has 0 radical (unpaired) electrons. The number of benzene rings is 1. The number of hydrogen-bond donors (Lipinski definition) is 1. The van der Waals surface area contributed by atoms with Crippen LogP contribution >= 0.6 is 0 Å². The zero-order chi connectivity index (χ0) is 22.2. The average Bonchev–Trinajstić information content (AvgIpc) is 2.87. The predicted molar refractivity (Wildman–Crippen MR) is 124 cm³/mol. The molecule has 3 aromatic rings. The van der Waals surface area contributed by atoms with Crippen LogP contribution in [0.25, 0.3) is 11.1 Å². The molecule has 32 heavy (non-hydrogen) atoms. The van der Waals surface area contributed by atoms with E-state index >= 15 is 0 Å². The largest absolute Gasteiger partial charge is 0.496 e. The molecule has 1 aliphatic carbocycles. The Morgan fingerprint density at radius 3 is 2.62 bits per heavy atom. The van der Waals surface area contributed by atoms with Gasteiger partial charge in [0.25, 0.3) is 0 Å². The van der Waals surface area contributed by atoms with Crippen molar-refractivity contribution in [2.75, 3.05) is 13.7 Å². The molecule has 2 heterocycles. The van der Waals surface area contributed by atoms with Crippen molar-refractivity contribution >= 4 is 5.91 Å². The first-order valence-electron chi connectivity index (χ1n) is 11.3. The third-order valence-corrected chi connectivity index (χ3v) is 6.37. The first-order valence-corrected chi connectivity index (χ1v) is 11.3. The van der Waals surface area contributed by atoms with Gasteiger partial charge in [-0.25, -0.2) is 9.97 Å². The van der Waals surface area contributed by atoms with Crippen molar-refractivity contribution in [2.24, 2.45) is 5.92 Å². The number of nitrogens with zero attached hydrogens (tertiary/aromatic N) is 3. The number of pyridine rings is 1. The van der Waals surface area contributed by atoms with Crippen LogP contribution in [0.4, 0.5) is 0 Å². The lowest BCUT2D eigenvalue weighted by Gasteiger charge is -2.29. The van der Waals surface area contributed by atoms with Gasteiger partial charge in [0.1, 0.15) is 12.1 Å². The SMILES string of the molecule is COc1ccccc1CCC(=O)NCC1CCC(c2ncncc2-c2ccncc2)CC1. The zero-order valence-electron chi connectivity index (χ0n) is 18.5. The van der Waals surface area contributed by atoms with Crippen molar-refractivity contribution in [3.05, 3.63) is 72.6 Å². The number of methoxy groups -OCH3 is 1. The highest BCUT2D eigenvalue weighted by Crippen LogP contribution is 2.38. The number of carbonyl (C=O) groups excluding carboxylic acids is 1. The fourth-order valence-electron chi connectivity index (χ4n) is 4.56. The minimum absolute atomic E-state index is 0.105. The third-order valence-electron chi connectivity index (χ3n) is 6.37. The van der Waals surface area contributed by atoms with Gasteiger partial charge >= 0.3 is 0 Å². The smallest absolute Gasteiger partial charge is 0.220 e. The molecule has 0 spiro atoms. The maximum Gasteiger partial charge on any atom is 0.220 e. The Morgan fingerprint density at radius 2 is 1.84 bits per heavy atom. The number of rotatable bonds is 8. The van der Waals surface area contributed by atoms with Crippen molar-refractivity contribution in [3.8, 4) is 16.9 Å². The van der Waals surface area contributed by atoms with Crippen molar-refractivity contribution in [1.82, 2.24) is 20.3 Å². The van der Waals surface area contributed by atoms with E-state index in [0.717, 1.165) is 60.4 Å². The Bertz CT molecular complexity index is 1020. The van der Waals surface area contributed by atoms with Crippen LogP contribution in [0.15, 0.2) is 61.3 Å². The number of nitrogens with one attached hydrogen (secondary N) is 1. The number of aryl methyl sites for hydroxylation is 1. The summed E-state index contributed by atoms with van der Waals surface area (Å²) in [4.78, 5) is 25.4. The van der Waals surface area contributed by atoms with Crippen LogP contribution in [-0.4, -0.2) is 34.5 Å². The fourth-order valence-corrected chi connectivity index (χ4v) is 4.56. The first-order chi connectivity index (χ1) is 15.7. The van der Waals surface area contributed by atoms with E-state index in [9.17, 15) is 4.79 Å². The molecule has 1 amide bonds. The maximum absolute atomic E-state index is 12.4. The summed E-state index contributed by atoms with van der Waals surface area (Å²) in [5.41, 5.74) is 4.41. The fraction of sp³-hybridized carbons (Fsp3) is 0.385. The van der Waals surface area contributed by atoms with E-state index in [0.29, 0.717) is 24.7 Å². The quantitative estimate of drug-likeness (QED) is 0.566. The van der Waals surface area contributed by atoms with Crippen LogP contribution in [0.2, 0.25) is 0 Å². The second-order valence-electron chi connectivity index (χ2n) is 8.39. The van der Waals surface area contributed by atoms with E-state index < -0.39 is 0 Å². The van der Waals surface area contributed by atoms with E-state index in [4.69, 9.17) is 4.74 Å². The summed E-state index contributed by atoms with van der Waals surface area (Å²) in [6, 6.07) is 11.9. The second kappa shape index (κ2) is 10.8. The lowest BCUT2D eigenvalue weighted by atomic mass is 9.79. The maximum atomic E-state index is 12.4. The minimum atomic E-state index is 0.105. The summed E-state index contributed by atoms with van der Waals surface area (Å²) in [7, 11) is 1.66. The summed E-state index contributed by atoms with van der Waals surface area (Å²) < 4.78 is 5.37. The van der Waals surface area contributed by atoms with Crippen LogP contribution < -0.4 is 10.1 Å². The van der Waals surface area contributed by atoms with Gasteiger partial charge in [0.15, 0.2) is 0 Å². The van der Waals surface area contributed by atoms with Crippen molar-refractivity contribution < 1.29 is 9.53 Å². The highest BCUT2D eigenvalue weighted by Gasteiger charge is 2.25. The number of hydrogen-bond acceptors (Lipinski definition) is 5. The number of amides is 1. The van der Waals surface area contributed by atoms with Gasteiger partial charge in [-0.15, -0.1) is 0 Å². The van der Waals surface area contributed by atoms with Crippen LogP contribution in [0, 0.1) is 5.92 Å². The highest BCUT2D eigenvalue weighted by atomic mass is 16.5. The standard InChI is InChI=1S/C26H30N4O2/c1-32-24-5-3-2-4-21(24)10-11-25(31)29-16-19-6-8-22(9-7-19)26-23(17-28-18-30-26)20-12-14-27-15-13-20/h2-5,12-15,17-19,22H,6-11,16H2,1H3,(H,29,31). The van der Waals surface area contributed by atoms with Gasteiger partial charge in [0, 0.05) is 43.0 Å². The lowest BCUT2D eigenvalue weighted by Crippen LogP contribution is -2.31. The van der Waals surface area contributed by atoms with E-state index in [1.54, 1.807) is 25.8 Å². The topological polar surface area (TPSA) is 77.0 Å². The minimum Gasteiger partial charge on any atom is -0.496 e. The molecule has 6 nitrogen and oxygen atoms in total. The summed E-state index contributed by atoms with van der Waals surface area (Å²) >= 11 is 0. The molecule has 0 saturated heterocycles. The molecule has 0 aliphatic heterocycles. The van der Waals surface area contributed by atoms with Crippen LogP contribution in [0.1, 0.15) is 49.3 Å². The van der Waals surface area contributed by atoms with Gasteiger partial charge in [0.05, 0.1) is 12.8 Å². The molecule has 1 N–H and O–H groups in total. The van der Waals surface area contributed by atoms with Gasteiger partial charge in [-0.3, -0.25) is 9.78 Å². The van der Waals surface area contributed by atoms with Crippen molar-refractivity contribution in [1.29, 1.82) is 0 Å². The van der Waals surface area contributed by atoms with Crippen LogP contribution in [0.3, 0.4) is 0 Å². The first kappa shape index (κ1) is 21.9. The third kappa shape index (κ3) is 5.49. The Kier molecular flexibility index (Phi) is 7.43. The lowest BCUT2D eigenvalue weighted by molar-refractivity contribution is -0.121. The molecule has 2 aromatic heterocycles. The molecule has 6 heteroatoms.